The topological polar surface area (TPSA) is 30.0 Å². The lowest BCUT2D eigenvalue weighted by molar-refractivity contribution is 0.104. The summed E-state index contributed by atoms with van der Waals surface area (Å²) in [6.45, 7) is 1.91. The summed E-state index contributed by atoms with van der Waals surface area (Å²) in [5.74, 6) is 0.0676. The van der Waals surface area contributed by atoms with Gasteiger partial charge in [-0.05, 0) is 42.3 Å². The molecule has 1 aromatic carbocycles. The smallest absolute Gasteiger partial charge is 0.201 e. The number of hydrogen-bond donors (Lipinski definition) is 0. The van der Waals surface area contributed by atoms with E-state index in [2.05, 4.69) is 4.98 Å². The molecule has 0 amide bonds. The molecule has 0 saturated heterocycles. The molecule has 2 nitrogen and oxygen atoms in total. The Morgan fingerprint density at radius 3 is 2.95 bits per heavy atom. The van der Waals surface area contributed by atoms with Crippen molar-refractivity contribution in [2.75, 3.05) is 0 Å². The highest BCUT2D eigenvalue weighted by Crippen LogP contribution is 2.43. The van der Waals surface area contributed by atoms with E-state index in [0.29, 0.717) is 9.93 Å². The third-order valence-corrected chi connectivity index (χ3v) is 4.20. The zero-order chi connectivity index (χ0) is 13.4. The number of allylic oxidation sites excluding steroid dienone is 1. The van der Waals surface area contributed by atoms with Crippen LogP contribution in [0.25, 0.3) is 6.08 Å². The summed E-state index contributed by atoms with van der Waals surface area (Å²) in [5, 5.41) is 0.666. The predicted molar refractivity (Wildman–Crippen MR) is 78.6 cm³/mol. The molecule has 1 aliphatic heterocycles. The summed E-state index contributed by atoms with van der Waals surface area (Å²) < 4.78 is 0. The van der Waals surface area contributed by atoms with Crippen molar-refractivity contribution in [3.8, 4) is 0 Å². The predicted octanol–water partition coefficient (Wildman–Crippen LogP) is 4.37. The maximum atomic E-state index is 12.4. The molecule has 1 aromatic heterocycles. The van der Waals surface area contributed by atoms with Gasteiger partial charge in [-0.25, -0.2) is 0 Å². The Balaban J connectivity index is 2.05. The number of carbonyl (C=O) groups is 1. The Labute approximate surface area is 120 Å². The second-order valence-electron chi connectivity index (χ2n) is 4.32. The number of carbonyl (C=O) groups excluding carboxylic acids is 1. The van der Waals surface area contributed by atoms with Crippen LogP contribution >= 0.6 is 23.4 Å². The molecule has 19 heavy (non-hydrogen) atoms. The summed E-state index contributed by atoms with van der Waals surface area (Å²) >= 11 is 7.50. The zero-order valence-corrected chi connectivity index (χ0v) is 11.8. The van der Waals surface area contributed by atoms with Gasteiger partial charge in [-0.2, -0.15) is 0 Å². The minimum absolute atomic E-state index is 0.0676. The molecule has 3 rings (SSSR count). The van der Waals surface area contributed by atoms with Crippen LogP contribution < -0.4 is 0 Å². The van der Waals surface area contributed by atoms with E-state index in [1.165, 1.54) is 11.8 Å². The first-order valence-corrected chi connectivity index (χ1v) is 6.99. The van der Waals surface area contributed by atoms with E-state index >= 15 is 0 Å². The number of aromatic nitrogens is 1. The fraction of sp³-hybridized carbons (Fsp3) is 0.0667. The number of benzene rings is 1. The van der Waals surface area contributed by atoms with Crippen molar-refractivity contribution in [1.82, 2.24) is 4.98 Å². The van der Waals surface area contributed by atoms with E-state index in [-0.39, 0.29) is 5.78 Å². The van der Waals surface area contributed by atoms with Gasteiger partial charge in [-0.3, -0.25) is 9.78 Å². The van der Waals surface area contributed by atoms with Crippen molar-refractivity contribution >= 4 is 35.2 Å². The maximum Gasteiger partial charge on any atom is 0.201 e. The third-order valence-electron chi connectivity index (χ3n) is 2.92. The van der Waals surface area contributed by atoms with Crippen LogP contribution in [-0.4, -0.2) is 10.8 Å². The number of Topliss-reactive ketones (excluding diaryl/α,β-unsaturated/α-hetero) is 1. The first-order chi connectivity index (χ1) is 9.15. The summed E-state index contributed by atoms with van der Waals surface area (Å²) in [5.41, 5.74) is 2.62. The largest absolute Gasteiger partial charge is 0.288 e. The van der Waals surface area contributed by atoms with Crippen LogP contribution in [0.5, 0.6) is 0 Å². The van der Waals surface area contributed by atoms with Crippen molar-refractivity contribution in [3.05, 3.63) is 63.3 Å². The molecule has 0 N–H and O–H groups in total. The fourth-order valence-corrected chi connectivity index (χ4v) is 3.59. The highest BCUT2D eigenvalue weighted by Gasteiger charge is 2.27. The van der Waals surface area contributed by atoms with Gasteiger partial charge >= 0.3 is 0 Å². The Kier molecular flexibility index (Phi) is 3.17. The summed E-state index contributed by atoms with van der Waals surface area (Å²) in [7, 11) is 0. The van der Waals surface area contributed by atoms with Crippen LogP contribution in [0, 0.1) is 6.92 Å². The van der Waals surface area contributed by atoms with Gasteiger partial charge in [0.2, 0.25) is 5.78 Å². The van der Waals surface area contributed by atoms with Gasteiger partial charge in [0.25, 0.3) is 0 Å². The first kappa shape index (κ1) is 12.5. The average molecular weight is 288 g/mol. The van der Waals surface area contributed by atoms with Gasteiger partial charge in [0.1, 0.15) is 0 Å². The number of aryl methyl sites for hydroxylation is 1. The lowest BCUT2D eigenvalue weighted by atomic mass is 10.0. The lowest BCUT2D eigenvalue weighted by Crippen LogP contribution is -1.97. The van der Waals surface area contributed by atoms with Crippen molar-refractivity contribution in [3.63, 3.8) is 0 Å². The van der Waals surface area contributed by atoms with Crippen LogP contribution in [-0.2, 0) is 0 Å². The molecular weight excluding hydrogens is 278 g/mol. The number of hydrogen-bond acceptors (Lipinski definition) is 3. The zero-order valence-electron chi connectivity index (χ0n) is 10.2. The normalized spacial score (nSPS) is 15.9. The van der Waals surface area contributed by atoms with Crippen molar-refractivity contribution in [1.29, 1.82) is 0 Å². The van der Waals surface area contributed by atoms with Crippen LogP contribution in [0.15, 0.2) is 46.5 Å². The van der Waals surface area contributed by atoms with Crippen molar-refractivity contribution < 1.29 is 4.79 Å². The molecule has 0 atom stereocenters. The average Bonchev–Trinajstić information content (AvgIpc) is 2.67. The number of pyridine rings is 1. The lowest BCUT2D eigenvalue weighted by Gasteiger charge is -2.01. The van der Waals surface area contributed by atoms with E-state index in [1.807, 2.05) is 37.3 Å². The molecule has 0 unspecified atom stereocenters. The van der Waals surface area contributed by atoms with E-state index < -0.39 is 0 Å². The molecule has 2 heterocycles. The monoisotopic (exact) mass is 287 g/mol. The van der Waals surface area contributed by atoms with Crippen LogP contribution in [0.2, 0.25) is 5.02 Å². The Hall–Kier alpha value is -1.58. The number of rotatable bonds is 1. The molecule has 1 aliphatic rings. The Morgan fingerprint density at radius 1 is 1.37 bits per heavy atom. The van der Waals surface area contributed by atoms with Gasteiger partial charge in [0, 0.05) is 27.9 Å². The molecular formula is C15H10ClNOS. The molecule has 4 heteroatoms. The van der Waals surface area contributed by atoms with Gasteiger partial charge in [-0.1, -0.05) is 29.4 Å². The summed E-state index contributed by atoms with van der Waals surface area (Å²) in [6.07, 6.45) is 5.32. The van der Waals surface area contributed by atoms with Crippen molar-refractivity contribution in [2.24, 2.45) is 0 Å². The summed E-state index contributed by atoms with van der Waals surface area (Å²) in [4.78, 5) is 18.1. The van der Waals surface area contributed by atoms with E-state index in [1.54, 1.807) is 12.4 Å². The molecule has 0 fully saturated rings. The standard InChI is InChI=1S/C15H10ClNOS/c1-9-5-11(16)7-12-14(9)15(18)13(19-12)6-10-3-2-4-17-8-10/h2-8H,1H3/b13-6-. The van der Waals surface area contributed by atoms with Gasteiger partial charge in [-0.15, -0.1) is 0 Å². The van der Waals surface area contributed by atoms with Crippen LogP contribution in [0.3, 0.4) is 0 Å². The summed E-state index contributed by atoms with van der Waals surface area (Å²) in [6, 6.07) is 7.45. The first-order valence-electron chi connectivity index (χ1n) is 5.79. The van der Waals surface area contributed by atoms with Crippen molar-refractivity contribution in [2.45, 2.75) is 11.8 Å². The molecule has 0 aliphatic carbocycles. The number of ketones is 1. The molecule has 0 radical (unpaired) electrons. The molecule has 0 bridgehead atoms. The van der Waals surface area contributed by atoms with E-state index in [9.17, 15) is 4.79 Å². The maximum absolute atomic E-state index is 12.4. The van der Waals surface area contributed by atoms with E-state index in [0.717, 1.165) is 21.6 Å². The number of thioether (sulfide) groups is 1. The van der Waals surface area contributed by atoms with Crippen LogP contribution in [0.1, 0.15) is 21.5 Å². The molecule has 2 aromatic rings. The molecule has 94 valence electrons. The third kappa shape index (κ3) is 2.31. The number of fused-ring (bicyclic) bond motifs is 1. The molecule has 0 saturated carbocycles. The minimum Gasteiger partial charge on any atom is -0.288 e. The Morgan fingerprint density at radius 2 is 2.21 bits per heavy atom. The van der Waals surface area contributed by atoms with Gasteiger partial charge < -0.3 is 0 Å². The minimum atomic E-state index is 0.0676. The fourth-order valence-electron chi connectivity index (χ4n) is 2.08. The number of halogens is 1. The highest BCUT2D eigenvalue weighted by atomic mass is 35.5. The Bertz CT molecular complexity index is 695. The number of nitrogens with zero attached hydrogens (tertiary/aromatic N) is 1. The quantitative estimate of drug-likeness (QED) is 0.729. The second kappa shape index (κ2) is 4.83. The van der Waals surface area contributed by atoms with E-state index in [4.69, 9.17) is 11.6 Å². The van der Waals surface area contributed by atoms with Crippen LogP contribution in [0.4, 0.5) is 0 Å². The molecule has 0 spiro atoms. The SMILES string of the molecule is Cc1cc(Cl)cc2c1C(=O)/C(=C/c1cccnc1)S2. The highest BCUT2D eigenvalue weighted by molar-refractivity contribution is 8.04. The van der Waals surface area contributed by atoms with Gasteiger partial charge in [0.15, 0.2) is 0 Å². The second-order valence-corrected chi connectivity index (χ2v) is 5.84. The van der Waals surface area contributed by atoms with Gasteiger partial charge in [0.05, 0.1) is 4.91 Å².